The van der Waals surface area contributed by atoms with Gasteiger partial charge in [-0.05, 0) is 18.1 Å². The number of hydrogen-bond acceptors (Lipinski definition) is 1. The Kier molecular flexibility index (Phi) is 6.85. The highest BCUT2D eigenvalue weighted by molar-refractivity contribution is 5.69. The SMILES string of the molecule is C=C\C=C/C(/C=C\C=N)=C\CC. The van der Waals surface area contributed by atoms with Crippen LogP contribution in [-0.2, 0) is 0 Å². The second-order valence-electron chi connectivity index (χ2n) is 2.23. The fourth-order valence-corrected chi connectivity index (χ4v) is 0.766. The van der Waals surface area contributed by atoms with Crippen LogP contribution >= 0.6 is 0 Å². The Morgan fingerprint density at radius 1 is 1.33 bits per heavy atom. The van der Waals surface area contributed by atoms with Crippen LogP contribution in [0.25, 0.3) is 0 Å². The van der Waals surface area contributed by atoms with E-state index in [1.165, 1.54) is 6.21 Å². The quantitative estimate of drug-likeness (QED) is 0.472. The van der Waals surface area contributed by atoms with Gasteiger partial charge >= 0.3 is 0 Å². The summed E-state index contributed by atoms with van der Waals surface area (Å²) in [6.45, 7) is 5.67. The third-order valence-corrected chi connectivity index (χ3v) is 1.25. The minimum atomic E-state index is 0.999. The molecule has 0 aliphatic rings. The Balaban J connectivity index is 4.32. The molecule has 1 nitrogen and oxygen atoms in total. The van der Waals surface area contributed by atoms with E-state index in [0.29, 0.717) is 0 Å². The van der Waals surface area contributed by atoms with E-state index >= 15 is 0 Å². The molecule has 0 unspecified atom stereocenters. The first-order valence-corrected chi connectivity index (χ1v) is 4.01. The van der Waals surface area contributed by atoms with Crippen molar-refractivity contribution in [2.24, 2.45) is 0 Å². The molecule has 64 valence electrons. The van der Waals surface area contributed by atoms with E-state index in [4.69, 9.17) is 5.41 Å². The van der Waals surface area contributed by atoms with Crippen molar-refractivity contribution < 1.29 is 0 Å². The molecule has 0 aromatic rings. The van der Waals surface area contributed by atoms with Crippen LogP contribution in [0.3, 0.4) is 0 Å². The summed E-state index contributed by atoms with van der Waals surface area (Å²) in [6.07, 6.45) is 13.6. The van der Waals surface area contributed by atoms with Crippen molar-refractivity contribution in [3.63, 3.8) is 0 Å². The average Bonchev–Trinajstić information content (AvgIpc) is 2.10. The van der Waals surface area contributed by atoms with Crippen molar-refractivity contribution in [2.45, 2.75) is 13.3 Å². The highest BCUT2D eigenvalue weighted by Crippen LogP contribution is 2.00. The Labute approximate surface area is 74.3 Å². The van der Waals surface area contributed by atoms with Crippen LogP contribution < -0.4 is 0 Å². The maximum Gasteiger partial charge on any atom is 0.0177 e. The van der Waals surface area contributed by atoms with Crippen molar-refractivity contribution >= 4 is 6.21 Å². The molecule has 1 N–H and O–H groups in total. The topological polar surface area (TPSA) is 23.9 Å². The summed E-state index contributed by atoms with van der Waals surface area (Å²) in [5, 5.41) is 6.82. The van der Waals surface area contributed by atoms with Crippen molar-refractivity contribution in [2.75, 3.05) is 0 Å². The van der Waals surface area contributed by atoms with Gasteiger partial charge in [-0.25, -0.2) is 0 Å². The van der Waals surface area contributed by atoms with Crippen LogP contribution in [0.1, 0.15) is 13.3 Å². The summed E-state index contributed by atoms with van der Waals surface area (Å²) < 4.78 is 0. The van der Waals surface area contributed by atoms with Crippen LogP contribution in [0, 0.1) is 5.41 Å². The average molecular weight is 161 g/mol. The third-order valence-electron chi connectivity index (χ3n) is 1.25. The van der Waals surface area contributed by atoms with Gasteiger partial charge in [-0.3, -0.25) is 0 Å². The number of allylic oxidation sites excluding steroid dienone is 7. The number of nitrogens with one attached hydrogen (secondary N) is 1. The minimum Gasteiger partial charge on any atom is -0.309 e. The van der Waals surface area contributed by atoms with Crippen molar-refractivity contribution in [3.05, 3.63) is 48.6 Å². The maximum absolute atomic E-state index is 6.82. The molecule has 0 radical (unpaired) electrons. The molecule has 0 aromatic carbocycles. The van der Waals surface area contributed by atoms with Crippen molar-refractivity contribution in [1.82, 2.24) is 0 Å². The van der Waals surface area contributed by atoms with Gasteiger partial charge in [-0.2, -0.15) is 0 Å². The summed E-state index contributed by atoms with van der Waals surface area (Å²) in [6, 6.07) is 0. The molecular weight excluding hydrogens is 146 g/mol. The van der Waals surface area contributed by atoms with Gasteiger partial charge in [0.05, 0.1) is 0 Å². The van der Waals surface area contributed by atoms with E-state index in [1.807, 2.05) is 18.2 Å². The molecule has 0 atom stereocenters. The van der Waals surface area contributed by atoms with Gasteiger partial charge in [0.15, 0.2) is 0 Å². The molecule has 12 heavy (non-hydrogen) atoms. The lowest BCUT2D eigenvalue weighted by molar-refractivity contribution is 1.21. The van der Waals surface area contributed by atoms with Crippen LogP contribution in [0.4, 0.5) is 0 Å². The zero-order valence-electron chi connectivity index (χ0n) is 7.46. The van der Waals surface area contributed by atoms with Gasteiger partial charge < -0.3 is 5.41 Å². The lowest BCUT2D eigenvalue weighted by Crippen LogP contribution is -1.71. The molecule has 0 fully saturated rings. The Morgan fingerprint density at radius 2 is 2.00 bits per heavy atom. The van der Waals surface area contributed by atoms with Gasteiger partial charge in [0.25, 0.3) is 0 Å². The van der Waals surface area contributed by atoms with Gasteiger partial charge in [-0.15, -0.1) is 0 Å². The normalized spacial score (nSPS) is 12.6. The maximum atomic E-state index is 6.82. The zero-order valence-corrected chi connectivity index (χ0v) is 7.46. The molecule has 0 aliphatic carbocycles. The van der Waals surface area contributed by atoms with Gasteiger partial charge in [0.1, 0.15) is 0 Å². The molecule has 0 rings (SSSR count). The van der Waals surface area contributed by atoms with Crippen molar-refractivity contribution in [3.8, 4) is 0 Å². The molecule has 0 saturated heterocycles. The monoisotopic (exact) mass is 161 g/mol. The van der Waals surface area contributed by atoms with Gasteiger partial charge in [0.2, 0.25) is 0 Å². The second kappa shape index (κ2) is 7.73. The zero-order chi connectivity index (χ0) is 9.23. The smallest absolute Gasteiger partial charge is 0.0177 e. The first-order chi connectivity index (χ1) is 5.85. The lowest BCUT2D eigenvalue weighted by atomic mass is 10.2. The number of rotatable bonds is 5. The fraction of sp³-hybridized carbons (Fsp3) is 0.182. The van der Waals surface area contributed by atoms with E-state index in [9.17, 15) is 0 Å². The molecule has 0 heterocycles. The highest BCUT2D eigenvalue weighted by atomic mass is 14.3. The molecule has 0 spiro atoms. The fourth-order valence-electron chi connectivity index (χ4n) is 0.766. The van der Waals surface area contributed by atoms with Gasteiger partial charge in [-0.1, -0.05) is 43.9 Å². The van der Waals surface area contributed by atoms with Gasteiger partial charge in [0, 0.05) is 6.21 Å². The first-order valence-electron chi connectivity index (χ1n) is 4.01. The summed E-state index contributed by atoms with van der Waals surface area (Å²) >= 11 is 0. The van der Waals surface area contributed by atoms with Crippen molar-refractivity contribution in [1.29, 1.82) is 5.41 Å². The predicted octanol–water partition coefficient (Wildman–Crippen LogP) is 3.27. The Hall–Kier alpha value is -1.37. The third kappa shape index (κ3) is 5.42. The summed E-state index contributed by atoms with van der Waals surface area (Å²) in [7, 11) is 0. The minimum absolute atomic E-state index is 0.999. The number of hydrogen-bond donors (Lipinski definition) is 1. The molecule has 1 heteroatoms. The van der Waals surface area contributed by atoms with Crippen LogP contribution in [0.2, 0.25) is 0 Å². The summed E-state index contributed by atoms with van der Waals surface area (Å²) in [5.41, 5.74) is 1.11. The molecule has 0 saturated carbocycles. The second-order valence-corrected chi connectivity index (χ2v) is 2.23. The highest BCUT2D eigenvalue weighted by Gasteiger charge is 1.81. The van der Waals surface area contributed by atoms with E-state index in [0.717, 1.165) is 12.0 Å². The van der Waals surface area contributed by atoms with Crippen LogP contribution in [-0.4, -0.2) is 6.21 Å². The molecule has 0 aliphatic heterocycles. The lowest BCUT2D eigenvalue weighted by Gasteiger charge is -1.90. The molecule has 0 bridgehead atoms. The summed E-state index contributed by atoms with van der Waals surface area (Å²) in [4.78, 5) is 0. The largest absolute Gasteiger partial charge is 0.309 e. The van der Waals surface area contributed by atoms with E-state index in [1.54, 1.807) is 12.2 Å². The van der Waals surface area contributed by atoms with E-state index < -0.39 is 0 Å². The Morgan fingerprint density at radius 3 is 2.50 bits per heavy atom. The molecule has 0 aromatic heterocycles. The first kappa shape index (κ1) is 10.6. The molecule has 0 amide bonds. The molecular formula is C11H15N. The van der Waals surface area contributed by atoms with E-state index in [-0.39, 0.29) is 0 Å². The van der Waals surface area contributed by atoms with E-state index in [2.05, 4.69) is 19.6 Å². The summed E-state index contributed by atoms with van der Waals surface area (Å²) in [5.74, 6) is 0. The van der Waals surface area contributed by atoms with Crippen LogP contribution in [0.5, 0.6) is 0 Å². The standard InChI is InChI=1S/C11H15N/c1-3-5-8-11(7-4-2)9-6-10-12/h3,5-10,12H,1,4H2,2H3/b8-5-,9-6-,11-7+,12-10?. The van der Waals surface area contributed by atoms with Crippen LogP contribution in [0.15, 0.2) is 48.6 Å². The predicted molar refractivity (Wildman–Crippen MR) is 55.6 cm³/mol. The Bertz CT molecular complexity index is 199.